The zero-order valence-corrected chi connectivity index (χ0v) is 17.2. The van der Waals surface area contributed by atoms with Crippen LogP contribution in [0.25, 0.3) is 16.9 Å². The molecule has 4 aromatic heterocycles. The van der Waals surface area contributed by atoms with Crippen LogP contribution in [-0.4, -0.2) is 74.4 Å². The third-order valence-electron chi connectivity index (χ3n) is 5.29. The van der Waals surface area contributed by atoms with Crippen molar-refractivity contribution < 1.29 is 13.2 Å². The molecule has 0 aromatic carbocycles. The Labute approximate surface area is 178 Å². The monoisotopic (exact) mass is 437 g/mol. The zero-order valence-electron chi connectivity index (χ0n) is 16.4. The van der Waals surface area contributed by atoms with Crippen LogP contribution in [0.3, 0.4) is 0 Å². The number of hydrogen-bond acceptors (Lipinski definition) is 6. The van der Waals surface area contributed by atoms with Crippen LogP contribution < -0.4 is 0 Å². The Kier molecular flexibility index (Phi) is 4.75. The summed E-state index contributed by atoms with van der Waals surface area (Å²) >= 11 is 0. The molecule has 0 saturated carbocycles. The lowest BCUT2D eigenvalue weighted by Crippen LogP contribution is -2.50. The predicted octanol–water partition coefficient (Wildman–Crippen LogP) is 1.29. The van der Waals surface area contributed by atoms with Crippen molar-refractivity contribution in [3.63, 3.8) is 0 Å². The first-order chi connectivity index (χ1) is 15.0. The summed E-state index contributed by atoms with van der Waals surface area (Å²) in [5.41, 5.74) is 0.982. The van der Waals surface area contributed by atoms with E-state index in [-0.39, 0.29) is 23.9 Å². The Bertz CT molecular complexity index is 1320. The molecule has 1 aliphatic heterocycles. The number of nitrogens with one attached hydrogen (secondary N) is 1. The highest BCUT2D eigenvalue weighted by molar-refractivity contribution is 7.89. The summed E-state index contributed by atoms with van der Waals surface area (Å²) in [6.07, 6.45) is 8.02. The van der Waals surface area contributed by atoms with Gasteiger partial charge in [0.2, 0.25) is 10.0 Å². The number of piperazine rings is 1. The lowest BCUT2D eigenvalue weighted by Gasteiger charge is -2.33. The highest BCUT2D eigenvalue weighted by Gasteiger charge is 2.32. The topological polar surface area (TPSA) is 117 Å². The van der Waals surface area contributed by atoms with E-state index in [1.165, 1.54) is 16.7 Å². The fraction of sp³-hybridized carbons (Fsp3) is 0.200. The highest BCUT2D eigenvalue weighted by Crippen LogP contribution is 2.25. The van der Waals surface area contributed by atoms with Gasteiger partial charge in [0.25, 0.3) is 5.91 Å². The first-order valence-corrected chi connectivity index (χ1v) is 11.2. The molecule has 0 unspecified atom stereocenters. The molecule has 10 nitrogen and oxygen atoms in total. The lowest BCUT2D eigenvalue weighted by molar-refractivity contribution is 0.0697. The van der Waals surface area contributed by atoms with Gasteiger partial charge >= 0.3 is 0 Å². The van der Waals surface area contributed by atoms with E-state index in [0.717, 1.165) is 0 Å². The third-order valence-corrected chi connectivity index (χ3v) is 7.23. The van der Waals surface area contributed by atoms with Crippen LogP contribution in [0.1, 0.15) is 10.4 Å². The molecule has 0 radical (unpaired) electrons. The van der Waals surface area contributed by atoms with Crippen LogP contribution in [0.2, 0.25) is 0 Å². The van der Waals surface area contributed by atoms with Crippen molar-refractivity contribution in [2.75, 3.05) is 26.2 Å². The molecule has 1 fully saturated rings. The maximum atomic E-state index is 13.1. The second-order valence-electron chi connectivity index (χ2n) is 7.10. The van der Waals surface area contributed by atoms with Gasteiger partial charge < -0.3 is 9.88 Å². The van der Waals surface area contributed by atoms with Crippen LogP contribution in [0.5, 0.6) is 0 Å². The van der Waals surface area contributed by atoms with Gasteiger partial charge in [-0.2, -0.15) is 9.40 Å². The van der Waals surface area contributed by atoms with Crippen LogP contribution in [0, 0.1) is 0 Å². The molecule has 0 aliphatic carbocycles. The molecule has 1 aliphatic rings. The van der Waals surface area contributed by atoms with Gasteiger partial charge in [-0.1, -0.05) is 0 Å². The van der Waals surface area contributed by atoms with Gasteiger partial charge in [-0.25, -0.2) is 23.1 Å². The van der Waals surface area contributed by atoms with Crippen molar-refractivity contribution in [1.29, 1.82) is 0 Å². The van der Waals surface area contributed by atoms with Gasteiger partial charge in [0, 0.05) is 62.5 Å². The fourth-order valence-electron chi connectivity index (χ4n) is 3.65. The first kappa shape index (κ1) is 19.4. The van der Waals surface area contributed by atoms with E-state index < -0.39 is 10.0 Å². The Balaban J connectivity index is 1.28. The van der Waals surface area contributed by atoms with E-state index in [1.807, 2.05) is 0 Å². The smallest absolute Gasteiger partial charge is 0.255 e. The number of fused-ring (bicyclic) bond motifs is 1. The molecule has 1 amide bonds. The minimum Gasteiger partial charge on any atom is -0.345 e. The van der Waals surface area contributed by atoms with E-state index in [2.05, 4.69) is 20.1 Å². The van der Waals surface area contributed by atoms with E-state index in [4.69, 9.17) is 0 Å². The average Bonchev–Trinajstić information content (AvgIpc) is 3.49. The molecule has 158 valence electrons. The maximum Gasteiger partial charge on any atom is 0.255 e. The standard InChI is InChI=1S/C20H19N7O3S/c28-20(15-4-5-18(22-13-15)27-8-2-7-24-27)25-9-11-26(12-10-25)31(29,30)17-14-23-19-16(17)3-1-6-21-19/h1-8,13-14H,9-12H2,(H,21,23). The number of carbonyl (C=O) groups is 1. The summed E-state index contributed by atoms with van der Waals surface area (Å²) < 4.78 is 29.2. The number of rotatable bonds is 4. The quantitative estimate of drug-likeness (QED) is 0.514. The number of aromatic nitrogens is 5. The van der Waals surface area contributed by atoms with Crippen molar-refractivity contribution in [3.8, 4) is 5.82 Å². The summed E-state index contributed by atoms with van der Waals surface area (Å²) in [5, 5.41) is 4.67. The summed E-state index contributed by atoms with van der Waals surface area (Å²) in [4.78, 5) is 26.0. The summed E-state index contributed by atoms with van der Waals surface area (Å²) in [6, 6.07) is 8.66. The molecule has 31 heavy (non-hydrogen) atoms. The maximum absolute atomic E-state index is 13.1. The molecule has 4 aromatic rings. The molecule has 5 rings (SSSR count). The van der Waals surface area contributed by atoms with Crippen LogP contribution >= 0.6 is 0 Å². The Morgan fingerprint density at radius 1 is 1.00 bits per heavy atom. The van der Waals surface area contributed by atoms with Crippen molar-refractivity contribution in [3.05, 3.63) is 66.9 Å². The van der Waals surface area contributed by atoms with Crippen molar-refractivity contribution >= 4 is 27.0 Å². The summed E-state index contributed by atoms with van der Waals surface area (Å²) in [6.45, 7) is 1.05. The van der Waals surface area contributed by atoms with Crippen LogP contribution in [0.4, 0.5) is 0 Å². The minimum absolute atomic E-state index is 0.173. The number of H-pyrrole nitrogens is 1. The summed E-state index contributed by atoms with van der Waals surface area (Å²) in [5.74, 6) is 0.443. The molecule has 0 bridgehead atoms. The van der Waals surface area contributed by atoms with E-state index in [0.29, 0.717) is 35.5 Å². The van der Waals surface area contributed by atoms with Crippen LogP contribution in [0.15, 0.2) is 66.2 Å². The van der Waals surface area contributed by atoms with Gasteiger partial charge in [-0.15, -0.1) is 0 Å². The molecule has 1 saturated heterocycles. The van der Waals surface area contributed by atoms with Crippen molar-refractivity contribution in [2.45, 2.75) is 4.90 Å². The van der Waals surface area contributed by atoms with E-state index in [9.17, 15) is 13.2 Å². The van der Waals surface area contributed by atoms with Gasteiger partial charge in [-0.05, 0) is 30.3 Å². The second kappa shape index (κ2) is 7.60. The van der Waals surface area contributed by atoms with E-state index >= 15 is 0 Å². The minimum atomic E-state index is -3.69. The normalized spacial score (nSPS) is 15.4. The number of nitrogens with zero attached hydrogens (tertiary/aromatic N) is 6. The van der Waals surface area contributed by atoms with Gasteiger partial charge in [0.1, 0.15) is 10.5 Å². The molecular weight excluding hydrogens is 418 g/mol. The largest absolute Gasteiger partial charge is 0.345 e. The number of pyridine rings is 2. The Morgan fingerprint density at radius 3 is 2.55 bits per heavy atom. The number of sulfonamides is 1. The number of amides is 1. The lowest BCUT2D eigenvalue weighted by atomic mass is 10.2. The van der Waals surface area contributed by atoms with E-state index in [1.54, 1.807) is 58.5 Å². The molecule has 5 heterocycles. The first-order valence-electron chi connectivity index (χ1n) is 9.72. The van der Waals surface area contributed by atoms with Gasteiger partial charge in [-0.3, -0.25) is 4.79 Å². The summed E-state index contributed by atoms with van der Waals surface area (Å²) in [7, 11) is -3.69. The van der Waals surface area contributed by atoms with Gasteiger partial charge in [0.05, 0.1) is 5.56 Å². The van der Waals surface area contributed by atoms with Gasteiger partial charge in [0.15, 0.2) is 5.82 Å². The number of carbonyl (C=O) groups excluding carboxylic acids is 1. The average molecular weight is 437 g/mol. The Morgan fingerprint density at radius 2 is 1.84 bits per heavy atom. The number of hydrogen-bond donors (Lipinski definition) is 1. The van der Waals surface area contributed by atoms with Crippen molar-refractivity contribution in [1.82, 2.24) is 33.9 Å². The second-order valence-corrected chi connectivity index (χ2v) is 9.01. The number of aromatic amines is 1. The predicted molar refractivity (Wildman–Crippen MR) is 112 cm³/mol. The molecule has 0 spiro atoms. The third kappa shape index (κ3) is 3.47. The molecule has 1 N–H and O–H groups in total. The fourth-order valence-corrected chi connectivity index (χ4v) is 5.22. The molecule has 11 heteroatoms. The zero-order chi connectivity index (χ0) is 21.4. The molecule has 0 atom stereocenters. The Hall–Kier alpha value is -3.57. The molecular formula is C20H19N7O3S. The van der Waals surface area contributed by atoms with Crippen LogP contribution in [-0.2, 0) is 10.0 Å². The highest BCUT2D eigenvalue weighted by atomic mass is 32.2. The van der Waals surface area contributed by atoms with Crippen molar-refractivity contribution in [2.24, 2.45) is 0 Å². The SMILES string of the molecule is O=C(c1ccc(-n2cccn2)nc1)N1CCN(S(=O)(=O)c2c[nH]c3ncccc23)CC1.